The molecule has 0 aromatic heterocycles. The van der Waals surface area contributed by atoms with Crippen molar-refractivity contribution in [3.8, 4) is 11.8 Å². The van der Waals surface area contributed by atoms with Gasteiger partial charge in [0.15, 0.2) is 11.1 Å². The molecule has 1 aliphatic carbocycles. The smallest absolute Gasteiger partial charge is 0.230 e. The summed E-state index contributed by atoms with van der Waals surface area (Å²) in [6.07, 6.45) is 2.80. The number of carbonyl (C=O) groups excluding carboxylic acids is 2. The van der Waals surface area contributed by atoms with Gasteiger partial charge < -0.3 is 19.9 Å². The quantitative estimate of drug-likeness (QED) is 0.243. The zero-order valence-corrected chi connectivity index (χ0v) is 21.6. The van der Waals surface area contributed by atoms with Gasteiger partial charge in [0.25, 0.3) is 0 Å². The summed E-state index contributed by atoms with van der Waals surface area (Å²) in [4.78, 5) is 25.9. The standard InChI is InChI=1S/C26H29N3O5S2/c1-34-20-10-6-18(7-11-20)16-29-24(30)17-35-21-12-8-19(9-13-21)25(36(32)33)22-4-2-3-5-23(22)26(31)28-15-14-27/h6-13,23H,2-5,15-17H2,1H3,(H,28,31)(H,29,30)(H,32,33). The zero-order chi connectivity index (χ0) is 25.9. The summed E-state index contributed by atoms with van der Waals surface area (Å²) in [6, 6.07) is 16.5. The van der Waals surface area contributed by atoms with Gasteiger partial charge in [-0.05, 0) is 60.2 Å². The Bertz CT molecular complexity index is 1160. The van der Waals surface area contributed by atoms with Crippen LogP contribution in [0.3, 0.4) is 0 Å². The molecule has 3 rings (SSSR count). The molecule has 36 heavy (non-hydrogen) atoms. The number of nitriles is 1. The van der Waals surface area contributed by atoms with Crippen LogP contribution in [0.1, 0.15) is 36.8 Å². The first-order valence-corrected chi connectivity index (χ1v) is 13.6. The maximum Gasteiger partial charge on any atom is 0.230 e. The average molecular weight is 528 g/mol. The molecule has 0 saturated heterocycles. The highest BCUT2D eigenvalue weighted by molar-refractivity contribution is 8.00. The molecule has 1 saturated carbocycles. The topological polar surface area (TPSA) is 129 Å². The molecule has 10 heteroatoms. The van der Waals surface area contributed by atoms with Crippen molar-refractivity contribution in [3.05, 3.63) is 65.2 Å². The van der Waals surface area contributed by atoms with Crippen LogP contribution in [0, 0.1) is 17.2 Å². The molecule has 2 amide bonds. The van der Waals surface area contributed by atoms with Crippen LogP contribution in [-0.4, -0.2) is 40.0 Å². The van der Waals surface area contributed by atoms with E-state index >= 15 is 0 Å². The molecule has 1 aliphatic rings. The highest BCUT2D eigenvalue weighted by Gasteiger charge is 2.30. The van der Waals surface area contributed by atoms with Crippen LogP contribution in [0.4, 0.5) is 0 Å². The third-order valence-electron chi connectivity index (χ3n) is 5.87. The number of amides is 2. The molecule has 8 nitrogen and oxygen atoms in total. The lowest BCUT2D eigenvalue weighted by atomic mass is 9.82. The van der Waals surface area contributed by atoms with Crippen molar-refractivity contribution in [2.24, 2.45) is 5.92 Å². The first-order chi connectivity index (χ1) is 17.4. The monoisotopic (exact) mass is 527 g/mol. The summed E-state index contributed by atoms with van der Waals surface area (Å²) < 4.78 is 27.5. The van der Waals surface area contributed by atoms with E-state index in [4.69, 9.17) is 10.00 Å². The fourth-order valence-electron chi connectivity index (χ4n) is 4.07. The number of nitrogens with zero attached hydrogens (tertiary/aromatic N) is 1. The molecular formula is C26H29N3O5S2. The minimum atomic E-state index is -2.28. The second-order valence-corrected chi connectivity index (χ2v) is 10.2. The second-order valence-electron chi connectivity index (χ2n) is 8.22. The molecule has 2 unspecified atom stereocenters. The Balaban J connectivity index is 1.64. The number of methoxy groups -OCH3 is 1. The number of hydrogen-bond donors (Lipinski definition) is 3. The molecule has 3 N–H and O–H groups in total. The molecule has 190 valence electrons. The minimum absolute atomic E-state index is 0.0975. The first kappa shape index (κ1) is 27.5. The van der Waals surface area contributed by atoms with Gasteiger partial charge >= 0.3 is 0 Å². The highest BCUT2D eigenvalue weighted by Crippen LogP contribution is 2.37. The van der Waals surface area contributed by atoms with E-state index in [1.807, 2.05) is 30.3 Å². The van der Waals surface area contributed by atoms with Crippen molar-refractivity contribution in [3.63, 3.8) is 0 Å². The molecule has 0 radical (unpaired) electrons. The first-order valence-electron chi connectivity index (χ1n) is 11.5. The SMILES string of the molecule is COc1ccc(CNC(=O)CSc2ccc(C(=C3CCCCC3C(=O)NCC#N)S(=O)O)cc2)cc1. The van der Waals surface area contributed by atoms with Crippen LogP contribution in [0.15, 0.2) is 59.0 Å². The molecule has 2 atom stereocenters. The summed E-state index contributed by atoms with van der Waals surface area (Å²) in [5.41, 5.74) is 2.19. The van der Waals surface area contributed by atoms with Crippen LogP contribution >= 0.6 is 11.8 Å². The molecule has 0 spiro atoms. The number of benzene rings is 2. The summed E-state index contributed by atoms with van der Waals surface area (Å²) >= 11 is -0.912. The number of hydrogen-bond acceptors (Lipinski definition) is 6. The Hall–Kier alpha value is -3.13. The summed E-state index contributed by atoms with van der Waals surface area (Å²) in [5, 5.41) is 14.2. The number of nitrogens with one attached hydrogen (secondary N) is 2. The Kier molecular flexibility index (Phi) is 10.5. The Morgan fingerprint density at radius 1 is 1.14 bits per heavy atom. The van der Waals surface area contributed by atoms with E-state index in [1.54, 1.807) is 31.4 Å². The predicted octanol–water partition coefficient (Wildman–Crippen LogP) is 3.87. The summed E-state index contributed by atoms with van der Waals surface area (Å²) in [5.74, 6) is 0.0710. The third-order valence-corrected chi connectivity index (χ3v) is 7.73. The van der Waals surface area contributed by atoms with Crippen LogP contribution in [-0.2, 0) is 27.2 Å². The zero-order valence-electron chi connectivity index (χ0n) is 20.0. The van der Waals surface area contributed by atoms with Gasteiger partial charge in [0, 0.05) is 11.4 Å². The fourth-order valence-corrected chi connectivity index (χ4v) is 5.60. The minimum Gasteiger partial charge on any atom is -0.497 e. The van der Waals surface area contributed by atoms with E-state index in [0.29, 0.717) is 30.5 Å². The van der Waals surface area contributed by atoms with Crippen molar-refractivity contribution >= 4 is 39.6 Å². The molecule has 0 aliphatic heterocycles. The van der Waals surface area contributed by atoms with Crippen LogP contribution in [0.25, 0.3) is 4.91 Å². The molecular weight excluding hydrogens is 498 g/mol. The third kappa shape index (κ3) is 7.68. The lowest BCUT2D eigenvalue weighted by molar-refractivity contribution is -0.124. The van der Waals surface area contributed by atoms with Gasteiger partial charge in [-0.2, -0.15) is 5.26 Å². The van der Waals surface area contributed by atoms with Crippen LogP contribution in [0.2, 0.25) is 0 Å². The van der Waals surface area contributed by atoms with E-state index in [1.165, 1.54) is 11.8 Å². The summed E-state index contributed by atoms with van der Waals surface area (Å²) in [6.45, 7) is 0.324. The van der Waals surface area contributed by atoms with Crippen molar-refractivity contribution in [1.29, 1.82) is 5.26 Å². The van der Waals surface area contributed by atoms with E-state index < -0.39 is 17.0 Å². The largest absolute Gasteiger partial charge is 0.497 e. The summed E-state index contributed by atoms with van der Waals surface area (Å²) in [7, 11) is 1.60. The average Bonchev–Trinajstić information content (AvgIpc) is 2.90. The van der Waals surface area contributed by atoms with Gasteiger partial charge in [-0.15, -0.1) is 11.8 Å². The molecule has 1 fully saturated rings. The predicted molar refractivity (Wildman–Crippen MR) is 140 cm³/mol. The van der Waals surface area contributed by atoms with Crippen molar-refractivity contribution in [2.45, 2.75) is 37.1 Å². The van der Waals surface area contributed by atoms with Crippen molar-refractivity contribution < 1.29 is 23.1 Å². The van der Waals surface area contributed by atoms with E-state index in [0.717, 1.165) is 29.1 Å². The maximum absolute atomic E-state index is 12.6. The Morgan fingerprint density at radius 3 is 2.50 bits per heavy atom. The highest BCUT2D eigenvalue weighted by atomic mass is 32.2. The number of thioether (sulfide) groups is 1. The molecule has 2 aromatic rings. The molecule has 0 bridgehead atoms. The molecule has 2 aromatic carbocycles. The number of carbonyl (C=O) groups is 2. The van der Waals surface area contributed by atoms with Gasteiger partial charge in [0.2, 0.25) is 11.8 Å². The van der Waals surface area contributed by atoms with Crippen molar-refractivity contribution in [1.82, 2.24) is 10.6 Å². The lowest BCUT2D eigenvalue weighted by Gasteiger charge is -2.26. The van der Waals surface area contributed by atoms with Crippen LogP contribution < -0.4 is 15.4 Å². The van der Waals surface area contributed by atoms with Crippen LogP contribution in [0.5, 0.6) is 5.75 Å². The van der Waals surface area contributed by atoms with E-state index in [9.17, 15) is 18.4 Å². The van der Waals surface area contributed by atoms with Gasteiger partial charge in [0.1, 0.15) is 12.3 Å². The Labute approximate surface area is 217 Å². The number of rotatable bonds is 10. The van der Waals surface area contributed by atoms with E-state index in [-0.39, 0.29) is 29.0 Å². The normalized spacial score (nSPS) is 17.4. The van der Waals surface area contributed by atoms with Gasteiger partial charge in [0.05, 0.1) is 29.8 Å². The lowest BCUT2D eigenvalue weighted by Crippen LogP contribution is -2.34. The van der Waals surface area contributed by atoms with Gasteiger partial charge in [-0.25, -0.2) is 4.21 Å². The van der Waals surface area contributed by atoms with Gasteiger partial charge in [-0.3, -0.25) is 9.59 Å². The van der Waals surface area contributed by atoms with E-state index in [2.05, 4.69) is 10.6 Å². The Morgan fingerprint density at radius 2 is 1.86 bits per heavy atom. The fraction of sp³-hybridized carbons (Fsp3) is 0.346. The van der Waals surface area contributed by atoms with Crippen molar-refractivity contribution in [2.75, 3.05) is 19.4 Å². The van der Waals surface area contributed by atoms with Gasteiger partial charge in [-0.1, -0.05) is 30.7 Å². The number of ether oxygens (including phenoxy) is 1. The molecule has 0 heterocycles. The second kappa shape index (κ2) is 13.8. The maximum atomic E-state index is 12.6.